The van der Waals surface area contributed by atoms with Crippen LogP contribution in [0.2, 0.25) is 0 Å². The lowest BCUT2D eigenvalue weighted by Gasteiger charge is -2.06. The van der Waals surface area contributed by atoms with Crippen molar-refractivity contribution in [1.29, 1.82) is 0 Å². The van der Waals surface area contributed by atoms with E-state index < -0.39 is 10.6 Å². The van der Waals surface area contributed by atoms with Crippen molar-refractivity contribution < 1.29 is 9.53 Å². The molecule has 0 saturated heterocycles. The Morgan fingerprint density at radius 1 is 1.54 bits per heavy atom. The normalized spacial score (nSPS) is 12.2. The SMILES string of the molecule is COc1cccc(C(Cl)C(=O)Cl)c1. The fraction of sp³-hybridized carbons (Fsp3) is 0.222. The monoisotopic (exact) mass is 218 g/mol. The van der Waals surface area contributed by atoms with Crippen LogP contribution in [0.5, 0.6) is 5.75 Å². The van der Waals surface area contributed by atoms with Crippen LogP contribution in [0.25, 0.3) is 0 Å². The molecule has 0 aromatic heterocycles. The van der Waals surface area contributed by atoms with Gasteiger partial charge in [0.25, 0.3) is 0 Å². The molecule has 0 aliphatic heterocycles. The van der Waals surface area contributed by atoms with E-state index in [-0.39, 0.29) is 0 Å². The Morgan fingerprint density at radius 2 is 2.23 bits per heavy atom. The van der Waals surface area contributed by atoms with Gasteiger partial charge in [0.05, 0.1) is 7.11 Å². The summed E-state index contributed by atoms with van der Waals surface area (Å²) in [5.41, 5.74) is 0.640. The van der Waals surface area contributed by atoms with Gasteiger partial charge in [0, 0.05) is 0 Å². The van der Waals surface area contributed by atoms with Gasteiger partial charge in [0.15, 0.2) is 0 Å². The molecular weight excluding hydrogens is 211 g/mol. The molecule has 1 unspecified atom stereocenters. The predicted octanol–water partition coefficient (Wildman–Crippen LogP) is 2.74. The maximum absolute atomic E-state index is 10.7. The van der Waals surface area contributed by atoms with E-state index >= 15 is 0 Å². The Bertz CT molecular complexity index is 312. The van der Waals surface area contributed by atoms with Gasteiger partial charge in [-0.05, 0) is 29.3 Å². The standard InChI is InChI=1S/C9H8Cl2O2/c1-13-7-4-2-3-6(5-7)8(10)9(11)12/h2-5,8H,1H3. The number of hydrogen-bond donors (Lipinski definition) is 0. The van der Waals surface area contributed by atoms with E-state index in [1.165, 1.54) is 0 Å². The number of ether oxygens (including phenoxy) is 1. The van der Waals surface area contributed by atoms with Gasteiger partial charge < -0.3 is 4.74 Å². The molecule has 0 spiro atoms. The highest BCUT2D eigenvalue weighted by Gasteiger charge is 2.15. The highest BCUT2D eigenvalue weighted by atomic mass is 35.5. The van der Waals surface area contributed by atoms with Crippen molar-refractivity contribution in [3.63, 3.8) is 0 Å². The number of halogens is 2. The third-order valence-corrected chi connectivity index (χ3v) is 2.37. The van der Waals surface area contributed by atoms with Crippen LogP contribution in [-0.4, -0.2) is 12.4 Å². The molecule has 1 aromatic rings. The van der Waals surface area contributed by atoms with Crippen LogP contribution in [0, 0.1) is 0 Å². The quantitative estimate of drug-likeness (QED) is 0.577. The summed E-state index contributed by atoms with van der Waals surface area (Å²) in [6, 6.07) is 6.92. The van der Waals surface area contributed by atoms with Crippen LogP contribution >= 0.6 is 23.2 Å². The highest BCUT2D eigenvalue weighted by molar-refractivity contribution is 6.68. The van der Waals surface area contributed by atoms with Crippen molar-refractivity contribution in [2.75, 3.05) is 7.11 Å². The zero-order valence-corrected chi connectivity index (χ0v) is 8.47. The molecule has 1 atom stereocenters. The maximum atomic E-state index is 10.7. The number of carbonyl (C=O) groups is 1. The molecule has 0 fully saturated rings. The van der Waals surface area contributed by atoms with Crippen molar-refractivity contribution in [3.8, 4) is 5.75 Å². The van der Waals surface area contributed by atoms with E-state index in [0.29, 0.717) is 11.3 Å². The summed E-state index contributed by atoms with van der Waals surface area (Å²) < 4.78 is 4.97. The third kappa shape index (κ3) is 2.61. The van der Waals surface area contributed by atoms with Crippen LogP contribution in [0.15, 0.2) is 24.3 Å². The Kier molecular flexibility index (Phi) is 3.58. The molecule has 0 bridgehead atoms. The zero-order valence-electron chi connectivity index (χ0n) is 6.96. The minimum Gasteiger partial charge on any atom is -0.497 e. The van der Waals surface area contributed by atoms with E-state index in [1.54, 1.807) is 31.4 Å². The molecule has 1 aromatic carbocycles. The summed E-state index contributed by atoms with van der Waals surface area (Å²) in [4.78, 5) is 10.7. The van der Waals surface area contributed by atoms with Gasteiger partial charge in [-0.25, -0.2) is 0 Å². The number of carbonyl (C=O) groups excluding carboxylic acids is 1. The topological polar surface area (TPSA) is 26.3 Å². The first kappa shape index (κ1) is 10.4. The third-order valence-electron chi connectivity index (χ3n) is 1.59. The molecule has 4 heteroatoms. The molecular formula is C9H8Cl2O2. The molecule has 0 aliphatic rings. The number of methoxy groups -OCH3 is 1. The summed E-state index contributed by atoms with van der Waals surface area (Å²) in [6.07, 6.45) is 0. The van der Waals surface area contributed by atoms with Crippen molar-refractivity contribution in [3.05, 3.63) is 29.8 Å². The van der Waals surface area contributed by atoms with Gasteiger partial charge in [0.1, 0.15) is 11.1 Å². The van der Waals surface area contributed by atoms with Gasteiger partial charge in [-0.3, -0.25) is 4.79 Å². The first-order valence-corrected chi connectivity index (χ1v) is 4.44. The smallest absolute Gasteiger partial charge is 0.244 e. The van der Waals surface area contributed by atoms with Crippen LogP contribution in [-0.2, 0) is 4.79 Å². The number of alkyl halides is 1. The fourth-order valence-corrected chi connectivity index (χ4v) is 1.19. The zero-order chi connectivity index (χ0) is 9.84. The largest absolute Gasteiger partial charge is 0.497 e. The Hall–Kier alpha value is -0.730. The van der Waals surface area contributed by atoms with E-state index in [2.05, 4.69) is 0 Å². The number of benzene rings is 1. The highest BCUT2D eigenvalue weighted by Crippen LogP contribution is 2.25. The van der Waals surface area contributed by atoms with E-state index in [1.807, 2.05) is 0 Å². The molecule has 1 rings (SSSR count). The van der Waals surface area contributed by atoms with E-state index in [4.69, 9.17) is 27.9 Å². The summed E-state index contributed by atoms with van der Waals surface area (Å²) >= 11 is 11.0. The van der Waals surface area contributed by atoms with Crippen molar-refractivity contribution in [1.82, 2.24) is 0 Å². The average molecular weight is 219 g/mol. The summed E-state index contributed by atoms with van der Waals surface area (Å²) in [5.74, 6) is 0.654. The Labute approximate surface area is 86.4 Å². The molecule has 2 nitrogen and oxygen atoms in total. The lowest BCUT2D eigenvalue weighted by atomic mass is 10.1. The van der Waals surface area contributed by atoms with E-state index in [9.17, 15) is 4.79 Å². The maximum Gasteiger partial charge on any atom is 0.244 e. The lowest BCUT2D eigenvalue weighted by molar-refractivity contribution is -0.111. The van der Waals surface area contributed by atoms with Crippen LogP contribution in [0.4, 0.5) is 0 Å². The summed E-state index contributed by atoms with van der Waals surface area (Å²) in [7, 11) is 1.55. The summed E-state index contributed by atoms with van der Waals surface area (Å²) in [6.45, 7) is 0. The van der Waals surface area contributed by atoms with Crippen LogP contribution in [0.3, 0.4) is 0 Å². The van der Waals surface area contributed by atoms with Gasteiger partial charge in [0.2, 0.25) is 5.24 Å². The molecule has 0 saturated carbocycles. The lowest BCUT2D eigenvalue weighted by Crippen LogP contribution is -1.98. The van der Waals surface area contributed by atoms with Gasteiger partial charge in [-0.2, -0.15) is 0 Å². The van der Waals surface area contributed by atoms with Gasteiger partial charge >= 0.3 is 0 Å². The van der Waals surface area contributed by atoms with Gasteiger partial charge in [-0.15, -0.1) is 11.6 Å². The molecule has 0 heterocycles. The summed E-state index contributed by atoms with van der Waals surface area (Å²) in [5, 5.41) is -1.40. The molecule has 70 valence electrons. The number of rotatable bonds is 3. The van der Waals surface area contributed by atoms with Crippen molar-refractivity contribution >= 4 is 28.4 Å². The minimum absolute atomic E-state index is 0.588. The van der Waals surface area contributed by atoms with Gasteiger partial charge in [-0.1, -0.05) is 12.1 Å². The molecule has 0 N–H and O–H groups in total. The molecule has 0 aliphatic carbocycles. The predicted molar refractivity (Wildman–Crippen MR) is 52.4 cm³/mol. The van der Waals surface area contributed by atoms with Crippen molar-refractivity contribution in [2.24, 2.45) is 0 Å². The van der Waals surface area contributed by atoms with Crippen LogP contribution in [0.1, 0.15) is 10.9 Å². The van der Waals surface area contributed by atoms with Crippen molar-refractivity contribution in [2.45, 2.75) is 5.38 Å². The second-order valence-electron chi connectivity index (χ2n) is 2.44. The first-order chi connectivity index (χ1) is 6.15. The van der Waals surface area contributed by atoms with Crippen LogP contribution < -0.4 is 4.74 Å². The average Bonchev–Trinajstić information content (AvgIpc) is 2.16. The number of hydrogen-bond acceptors (Lipinski definition) is 2. The minimum atomic E-state index is -0.809. The first-order valence-electron chi connectivity index (χ1n) is 3.62. The molecule has 13 heavy (non-hydrogen) atoms. The second-order valence-corrected chi connectivity index (χ2v) is 3.25. The molecule has 0 radical (unpaired) electrons. The Morgan fingerprint density at radius 3 is 2.77 bits per heavy atom. The fourth-order valence-electron chi connectivity index (χ4n) is 0.930. The molecule has 0 amide bonds. The Balaban J connectivity index is 2.94. The second kappa shape index (κ2) is 4.49. The van der Waals surface area contributed by atoms with E-state index in [0.717, 1.165) is 0 Å².